The van der Waals surface area contributed by atoms with Crippen LogP contribution in [0.5, 0.6) is 0 Å². The van der Waals surface area contributed by atoms with Crippen molar-refractivity contribution in [2.45, 2.75) is 33.1 Å². The average Bonchev–Trinajstić information content (AvgIpc) is 3.11. The van der Waals surface area contributed by atoms with Gasteiger partial charge in [-0.2, -0.15) is 0 Å². The van der Waals surface area contributed by atoms with Crippen molar-refractivity contribution in [2.24, 2.45) is 0 Å². The van der Waals surface area contributed by atoms with Crippen LogP contribution >= 0.6 is 11.6 Å². The number of amides is 1. The second kappa shape index (κ2) is 10.4. The Hall–Kier alpha value is -2.56. The van der Waals surface area contributed by atoms with Gasteiger partial charge in [-0.3, -0.25) is 14.3 Å². The zero-order valence-electron chi connectivity index (χ0n) is 19.1. The Bertz CT molecular complexity index is 1140. The van der Waals surface area contributed by atoms with Gasteiger partial charge in [0.15, 0.2) is 0 Å². The molecule has 0 bridgehead atoms. The summed E-state index contributed by atoms with van der Waals surface area (Å²) in [7, 11) is 0. The monoisotopic (exact) mass is 449 g/mol. The molecule has 0 unspecified atom stereocenters. The Balaban J connectivity index is 1.60. The maximum atomic E-state index is 13.7. The molecule has 4 rings (SSSR count). The first-order chi connectivity index (χ1) is 15.6. The molecule has 2 aromatic rings. The van der Waals surface area contributed by atoms with E-state index in [9.17, 15) is 4.79 Å². The normalized spacial score (nSPS) is 18.3. The highest BCUT2D eigenvalue weighted by Crippen LogP contribution is 2.20. The van der Waals surface area contributed by atoms with Gasteiger partial charge in [0, 0.05) is 43.6 Å². The number of carbonyl (C=O) groups is 1. The smallest absolute Gasteiger partial charge is 0.257 e. The minimum atomic E-state index is 0.0314. The van der Waals surface area contributed by atoms with Crippen molar-refractivity contribution in [3.63, 3.8) is 0 Å². The Kier molecular flexibility index (Phi) is 7.33. The number of hydrogen-bond acceptors (Lipinski definition) is 2. The summed E-state index contributed by atoms with van der Waals surface area (Å²) in [5.74, 6) is 0.0314. The molecule has 32 heavy (non-hydrogen) atoms. The van der Waals surface area contributed by atoms with Crippen molar-refractivity contribution < 1.29 is 4.79 Å². The van der Waals surface area contributed by atoms with Crippen LogP contribution < -0.4 is 10.6 Å². The number of nitrogens with zero attached hydrogens (tertiary/aromatic N) is 3. The van der Waals surface area contributed by atoms with E-state index >= 15 is 0 Å². The first-order valence-electron chi connectivity index (χ1n) is 11.6. The molecule has 0 atom stereocenters. The number of carbonyl (C=O) groups excluding carboxylic acids is 1. The molecule has 1 aliphatic carbocycles. The van der Waals surface area contributed by atoms with Gasteiger partial charge < -0.3 is 4.90 Å². The predicted molar refractivity (Wildman–Crippen MR) is 134 cm³/mol. The summed E-state index contributed by atoms with van der Waals surface area (Å²) >= 11 is 6.91. The lowest BCUT2D eigenvalue weighted by Crippen LogP contribution is -2.50. The first kappa shape index (κ1) is 22.6. The third-order valence-electron chi connectivity index (χ3n) is 6.24. The highest BCUT2D eigenvalue weighted by atomic mass is 35.5. The third-order valence-corrected chi connectivity index (χ3v) is 6.59. The zero-order chi connectivity index (χ0) is 22.5. The molecular formula is C27H32ClN3O. The minimum absolute atomic E-state index is 0.0314. The van der Waals surface area contributed by atoms with E-state index in [-0.39, 0.29) is 5.91 Å². The van der Waals surface area contributed by atoms with Crippen molar-refractivity contribution in [3.8, 4) is 5.69 Å². The fraction of sp³-hybridized carbons (Fsp3) is 0.370. The molecule has 0 radical (unpaired) electrons. The van der Waals surface area contributed by atoms with Gasteiger partial charge >= 0.3 is 0 Å². The number of rotatable bonds is 5. The van der Waals surface area contributed by atoms with E-state index in [0.29, 0.717) is 10.7 Å². The molecule has 0 spiro atoms. The number of hydrogen-bond donors (Lipinski definition) is 0. The van der Waals surface area contributed by atoms with Gasteiger partial charge in [-0.25, -0.2) is 0 Å². The molecular weight excluding hydrogens is 418 g/mol. The molecule has 1 aromatic carbocycles. The summed E-state index contributed by atoms with van der Waals surface area (Å²) in [6, 6.07) is 10.0. The SMILES string of the molecule is C/C=c1\c(=C/CC)c(C(=O)N2CCN(CC3=CCCC=C3)CC2)c(Cl)n1-c1ccccc1. The van der Waals surface area contributed by atoms with Crippen LogP contribution in [-0.2, 0) is 0 Å². The van der Waals surface area contributed by atoms with E-state index in [2.05, 4.69) is 36.1 Å². The number of halogens is 1. The van der Waals surface area contributed by atoms with E-state index in [1.54, 1.807) is 0 Å². The Morgan fingerprint density at radius 1 is 1.09 bits per heavy atom. The predicted octanol–water partition coefficient (Wildman–Crippen LogP) is 4.16. The number of aromatic nitrogens is 1. The molecule has 1 saturated heterocycles. The second-order valence-electron chi connectivity index (χ2n) is 8.36. The standard InChI is InChI=1S/C27H32ClN3O/c1-3-11-23-24(4-2)31(22-14-9-6-10-15-22)26(28)25(23)27(32)30-18-16-29(17-19-30)20-21-12-7-5-8-13-21/h4,6-7,9-15H,3,5,8,16-20H2,1-2H3/b23-11+,24-4+. The topological polar surface area (TPSA) is 28.5 Å². The van der Waals surface area contributed by atoms with E-state index in [0.717, 1.165) is 68.2 Å². The van der Waals surface area contributed by atoms with Gasteiger partial charge in [0.1, 0.15) is 5.15 Å². The van der Waals surface area contributed by atoms with Gasteiger partial charge in [-0.05, 0) is 43.9 Å². The second-order valence-corrected chi connectivity index (χ2v) is 8.72. The van der Waals surface area contributed by atoms with E-state index in [1.807, 2.05) is 52.8 Å². The van der Waals surface area contributed by atoms with Crippen LogP contribution in [-0.4, -0.2) is 53.0 Å². The Labute approximate surface area is 195 Å². The lowest BCUT2D eigenvalue weighted by atomic mass is 10.1. The number of para-hydroxylation sites is 1. The molecule has 1 fully saturated rings. The summed E-state index contributed by atoms with van der Waals surface area (Å²) in [5.41, 5.74) is 2.98. The summed E-state index contributed by atoms with van der Waals surface area (Å²) in [6.45, 7) is 8.27. The molecule has 0 saturated carbocycles. The maximum absolute atomic E-state index is 13.7. The molecule has 4 nitrogen and oxygen atoms in total. The van der Waals surface area contributed by atoms with Crippen molar-refractivity contribution in [1.82, 2.24) is 14.4 Å². The maximum Gasteiger partial charge on any atom is 0.257 e. The Morgan fingerprint density at radius 3 is 2.47 bits per heavy atom. The molecule has 1 aliphatic heterocycles. The van der Waals surface area contributed by atoms with Crippen molar-refractivity contribution in [3.05, 3.63) is 75.4 Å². The van der Waals surface area contributed by atoms with E-state index in [1.165, 1.54) is 5.57 Å². The molecule has 0 N–H and O–H groups in total. The Morgan fingerprint density at radius 2 is 1.84 bits per heavy atom. The highest BCUT2D eigenvalue weighted by Gasteiger charge is 2.27. The van der Waals surface area contributed by atoms with Crippen LogP contribution in [0.15, 0.2) is 54.1 Å². The average molecular weight is 450 g/mol. The summed E-state index contributed by atoms with van der Waals surface area (Å²) in [5, 5.41) is 2.41. The van der Waals surface area contributed by atoms with Crippen LogP contribution in [0.4, 0.5) is 0 Å². The fourth-order valence-electron chi connectivity index (χ4n) is 4.62. The van der Waals surface area contributed by atoms with Gasteiger partial charge in [-0.15, -0.1) is 0 Å². The largest absolute Gasteiger partial charge is 0.336 e. The molecule has 2 heterocycles. The lowest BCUT2D eigenvalue weighted by Gasteiger charge is -2.35. The molecule has 2 aliphatic rings. The van der Waals surface area contributed by atoms with Crippen LogP contribution in [0.1, 0.15) is 43.5 Å². The van der Waals surface area contributed by atoms with Gasteiger partial charge in [0.2, 0.25) is 0 Å². The molecule has 168 valence electrons. The van der Waals surface area contributed by atoms with Crippen LogP contribution in [0, 0.1) is 0 Å². The quantitative estimate of drug-likeness (QED) is 0.685. The molecule has 5 heteroatoms. The molecule has 1 amide bonds. The van der Waals surface area contributed by atoms with Gasteiger partial charge in [0.05, 0.1) is 10.9 Å². The van der Waals surface area contributed by atoms with Crippen molar-refractivity contribution in [1.29, 1.82) is 0 Å². The number of allylic oxidation sites excluding steroid dienone is 2. The summed E-state index contributed by atoms with van der Waals surface area (Å²) < 4.78 is 1.99. The molecule has 1 aromatic heterocycles. The van der Waals surface area contributed by atoms with Gasteiger partial charge in [0.25, 0.3) is 5.91 Å². The van der Waals surface area contributed by atoms with E-state index < -0.39 is 0 Å². The van der Waals surface area contributed by atoms with E-state index in [4.69, 9.17) is 11.6 Å². The summed E-state index contributed by atoms with van der Waals surface area (Å²) in [4.78, 5) is 18.1. The lowest BCUT2D eigenvalue weighted by molar-refractivity contribution is 0.0647. The minimum Gasteiger partial charge on any atom is -0.336 e. The van der Waals surface area contributed by atoms with Crippen molar-refractivity contribution in [2.75, 3.05) is 32.7 Å². The van der Waals surface area contributed by atoms with Crippen LogP contribution in [0.2, 0.25) is 5.15 Å². The highest BCUT2D eigenvalue weighted by molar-refractivity contribution is 6.33. The number of benzene rings is 1. The van der Waals surface area contributed by atoms with Gasteiger partial charge in [-0.1, -0.05) is 67.1 Å². The van der Waals surface area contributed by atoms with Crippen LogP contribution in [0.3, 0.4) is 0 Å². The first-order valence-corrected chi connectivity index (χ1v) is 12.0. The third kappa shape index (κ3) is 4.62. The van der Waals surface area contributed by atoms with Crippen LogP contribution in [0.25, 0.3) is 17.8 Å². The van der Waals surface area contributed by atoms with Crippen molar-refractivity contribution >= 4 is 29.7 Å². The summed E-state index contributed by atoms with van der Waals surface area (Å²) in [6.07, 6.45) is 14.1. The number of piperazine rings is 1. The fourth-order valence-corrected chi connectivity index (χ4v) is 4.99. The zero-order valence-corrected chi connectivity index (χ0v) is 19.8.